The number of carbonyl (C=O) groups is 1. The van der Waals surface area contributed by atoms with Gasteiger partial charge in [-0.25, -0.2) is 8.78 Å². The van der Waals surface area contributed by atoms with E-state index < -0.39 is 11.6 Å². The molecule has 1 aliphatic heterocycles. The van der Waals surface area contributed by atoms with Crippen molar-refractivity contribution in [3.8, 4) is 0 Å². The summed E-state index contributed by atoms with van der Waals surface area (Å²) < 4.78 is 27.1. The van der Waals surface area contributed by atoms with Crippen LogP contribution in [0, 0.1) is 11.6 Å². The van der Waals surface area contributed by atoms with E-state index in [1.807, 2.05) is 0 Å². The zero-order valence-corrected chi connectivity index (χ0v) is 13.1. The molecule has 2 N–H and O–H groups in total. The van der Waals surface area contributed by atoms with Crippen molar-refractivity contribution in [1.82, 2.24) is 4.90 Å². The molecule has 0 spiro atoms. The molecule has 1 heterocycles. The molecule has 7 heteroatoms. The van der Waals surface area contributed by atoms with Crippen LogP contribution in [0.4, 0.5) is 8.78 Å². The summed E-state index contributed by atoms with van der Waals surface area (Å²) in [6, 6.07) is 2.07. The third-order valence-corrected chi connectivity index (χ3v) is 3.85. The molecule has 3 nitrogen and oxygen atoms in total. The molecule has 0 aliphatic carbocycles. The number of halogens is 4. The number of hydrogen-bond donors (Lipinski definition) is 1. The van der Waals surface area contributed by atoms with Gasteiger partial charge in [0.1, 0.15) is 11.6 Å². The molecule has 0 unspecified atom stereocenters. The maximum atomic E-state index is 13.6. The highest BCUT2D eigenvalue weighted by Gasteiger charge is 2.22. The summed E-state index contributed by atoms with van der Waals surface area (Å²) >= 11 is 2.90. The molecule has 2 rings (SSSR count). The molecule has 1 atom stereocenters. The molecule has 0 radical (unpaired) electrons. The van der Waals surface area contributed by atoms with Crippen LogP contribution >= 0.6 is 28.3 Å². The van der Waals surface area contributed by atoms with Crippen molar-refractivity contribution >= 4 is 34.2 Å². The van der Waals surface area contributed by atoms with Gasteiger partial charge in [0.05, 0.1) is 10.9 Å². The Hall–Kier alpha value is -0.720. The molecule has 0 bridgehead atoms. The summed E-state index contributed by atoms with van der Waals surface area (Å²) in [7, 11) is 0. The fraction of sp³-hybridized carbons (Fsp3) is 0.462. The van der Waals surface area contributed by atoms with E-state index in [0.717, 1.165) is 25.0 Å². The number of rotatable bonds is 2. The maximum Gasteiger partial charge on any atom is 0.227 e. The zero-order valence-electron chi connectivity index (χ0n) is 10.7. The third-order valence-electron chi connectivity index (χ3n) is 3.24. The predicted molar refractivity (Wildman–Crippen MR) is 78.8 cm³/mol. The number of amides is 1. The summed E-state index contributed by atoms with van der Waals surface area (Å²) in [4.78, 5) is 13.6. The summed E-state index contributed by atoms with van der Waals surface area (Å²) in [5.41, 5.74) is 5.87. The van der Waals surface area contributed by atoms with Crippen molar-refractivity contribution in [3.63, 3.8) is 0 Å². The van der Waals surface area contributed by atoms with E-state index in [4.69, 9.17) is 5.73 Å². The van der Waals surface area contributed by atoms with E-state index in [-0.39, 0.29) is 40.8 Å². The first-order valence-electron chi connectivity index (χ1n) is 6.14. The first-order valence-corrected chi connectivity index (χ1v) is 6.93. The molecule has 20 heavy (non-hydrogen) atoms. The quantitative estimate of drug-likeness (QED) is 0.815. The van der Waals surface area contributed by atoms with Crippen molar-refractivity contribution in [1.29, 1.82) is 0 Å². The molecule has 0 aromatic heterocycles. The second-order valence-corrected chi connectivity index (χ2v) is 5.63. The number of piperidine rings is 1. The van der Waals surface area contributed by atoms with Crippen LogP contribution in [0.15, 0.2) is 16.6 Å². The average Bonchev–Trinajstić information content (AvgIpc) is 2.36. The fourth-order valence-corrected chi connectivity index (χ4v) is 2.53. The minimum atomic E-state index is -0.581. The molecule has 1 fully saturated rings. The normalized spacial score (nSPS) is 18.6. The van der Waals surface area contributed by atoms with Crippen molar-refractivity contribution in [2.45, 2.75) is 25.3 Å². The van der Waals surface area contributed by atoms with E-state index in [9.17, 15) is 13.6 Å². The van der Waals surface area contributed by atoms with E-state index in [2.05, 4.69) is 15.9 Å². The van der Waals surface area contributed by atoms with Gasteiger partial charge in [-0.3, -0.25) is 4.79 Å². The van der Waals surface area contributed by atoms with Crippen LogP contribution in [0.25, 0.3) is 0 Å². The van der Waals surface area contributed by atoms with Crippen LogP contribution in [0.1, 0.15) is 18.4 Å². The lowest BCUT2D eigenvalue weighted by Gasteiger charge is -2.30. The Morgan fingerprint density at radius 3 is 2.75 bits per heavy atom. The molecule has 112 valence electrons. The Bertz CT molecular complexity index is 502. The Morgan fingerprint density at radius 2 is 2.10 bits per heavy atom. The summed E-state index contributed by atoms with van der Waals surface area (Å²) in [5.74, 6) is -1.36. The summed E-state index contributed by atoms with van der Waals surface area (Å²) in [5, 5.41) is 0. The standard InChI is InChI=1S/C13H15BrF2N2O.ClH/c14-10-6-11(15)8(4-12(10)16)5-13(19)18-3-1-2-9(17)7-18;/h4,6,9H,1-3,5,7,17H2;1H/t9-;/m0./s1. The summed E-state index contributed by atoms with van der Waals surface area (Å²) in [6.07, 6.45) is 1.61. The lowest BCUT2D eigenvalue weighted by atomic mass is 10.0. The molecular weight excluding hydrogens is 354 g/mol. The van der Waals surface area contributed by atoms with E-state index >= 15 is 0 Å². The average molecular weight is 370 g/mol. The van der Waals surface area contributed by atoms with Gasteiger partial charge in [0.25, 0.3) is 0 Å². The molecule has 1 saturated heterocycles. The third kappa shape index (κ3) is 4.14. The molecule has 1 aliphatic rings. The zero-order chi connectivity index (χ0) is 14.0. The molecule has 0 saturated carbocycles. The number of likely N-dealkylation sites (tertiary alicyclic amines) is 1. The topological polar surface area (TPSA) is 46.3 Å². The van der Waals surface area contributed by atoms with Crippen LogP contribution < -0.4 is 5.73 Å². The van der Waals surface area contributed by atoms with Gasteiger partial charge in [0, 0.05) is 24.7 Å². The number of carbonyl (C=O) groups excluding carboxylic acids is 1. The van der Waals surface area contributed by atoms with Gasteiger partial charge in [-0.05, 0) is 40.9 Å². The van der Waals surface area contributed by atoms with Gasteiger partial charge in [0.15, 0.2) is 0 Å². The number of nitrogens with zero attached hydrogens (tertiary/aromatic N) is 1. The SMILES string of the molecule is Cl.N[C@H]1CCCN(C(=O)Cc2cc(F)c(Br)cc2F)C1. The van der Waals surface area contributed by atoms with Gasteiger partial charge in [0.2, 0.25) is 5.91 Å². The van der Waals surface area contributed by atoms with Crippen LogP contribution in [-0.4, -0.2) is 29.9 Å². The van der Waals surface area contributed by atoms with Crippen LogP contribution in [0.3, 0.4) is 0 Å². The van der Waals surface area contributed by atoms with E-state index in [1.165, 1.54) is 0 Å². The van der Waals surface area contributed by atoms with Gasteiger partial charge < -0.3 is 10.6 Å². The van der Waals surface area contributed by atoms with Crippen molar-refractivity contribution in [2.75, 3.05) is 13.1 Å². The summed E-state index contributed by atoms with van der Waals surface area (Å²) in [6.45, 7) is 1.12. The largest absolute Gasteiger partial charge is 0.341 e. The second-order valence-electron chi connectivity index (χ2n) is 4.78. The van der Waals surface area contributed by atoms with Gasteiger partial charge in [-0.1, -0.05) is 0 Å². The second kappa shape index (κ2) is 7.33. The maximum absolute atomic E-state index is 13.6. The number of hydrogen-bond acceptors (Lipinski definition) is 2. The van der Waals surface area contributed by atoms with E-state index in [1.54, 1.807) is 4.90 Å². The smallest absolute Gasteiger partial charge is 0.227 e. The van der Waals surface area contributed by atoms with Crippen molar-refractivity contribution in [2.24, 2.45) is 5.73 Å². The highest BCUT2D eigenvalue weighted by Crippen LogP contribution is 2.21. The van der Waals surface area contributed by atoms with Gasteiger partial charge in [-0.15, -0.1) is 12.4 Å². The van der Waals surface area contributed by atoms with Gasteiger partial charge in [-0.2, -0.15) is 0 Å². The Kier molecular flexibility index (Phi) is 6.36. The first kappa shape index (κ1) is 17.3. The fourth-order valence-electron chi connectivity index (χ4n) is 2.21. The monoisotopic (exact) mass is 368 g/mol. The number of nitrogens with two attached hydrogens (primary N) is 1. The highest BCUT2D eigenvalue weighted by atomic mass is 79.9. The molecule has 1 aromatic carbocycles. The minimum absolute atomic E-state index is 0. The van der Waals surface area contributed by atoms with Crippen molar-refractivity contribution < 1.29 is 13.6 Å². The van der Waals surface area contributed by atoms with Crippen LogP contribution in [-0.2, 0) is 11.2 Å². The molecule has 1 aromatic rings. The Labute approximate surface area is 131 Å². The van der Waals surface area contributed by atoms with Crippen molar-refractivity contribution in [3.05, 3.63) is 33.8 Å². The Balaban J connectivity index is 0.00000200. The first-order chi connectivity index (χ1) is 8.97. The molecular formula is C13H16BrClF2N2O. The lowest BCUT2D eigenvalue weighted by Crippen LogP contribution is -2.46. The lowest BCUT2D eigenvalue weighted by molar-refractivity contribution is -0.131. The van der Waals surface area contributed by atoms with Gasteiger partial charge >= 0.3 is 0 Å². The van der Waals surface area contributed by atoms with E-state index in [0.29, 0.717) is 13.1 Å². The highest BCUT2D eigenvalue weighted by molar-refractivity contribution is 9.10. The predicted octanol–water partition coefficient (Wildman–Crippen LogP) is 2.64. The Morgan fingerprint density at radius 1 is 1.40 bits per heavy atom. The minimum Gasteiger partial charge on any atom is -0.341 e. The number of benzene rings is 1. The van der Waals surface area contributed by atoms with Crippen LogP contribution in [0.5, 0.6) is 0 Å². The molecule has 1 amide bonds. The van der Waals surface area contributed by atoms with Crippen LogP contribution in [0.2, 0.25) is 0 Å².